The molecule has 0 saturated heterocycles. The maximum atomic E-state index is 12.5. The van der Waals surface area contributed by atoms with Crippen LogP contribution in [0.1, 0.15) is 12.5 Å². The Morgan fingerprint density at radius 2 is 1.60 bits per heavy atom. The van der Waals surface area contributed by atoms with E-state index in [9.17, 15) is 8.78 Å². The molecule has 0 saturated carbocycles. The van der Waals surface area contributed by atoms with Gasteiger partial charge in [-0.25, -0.2) is 0 Å². The van der Waals surface area contributed by atoms with E-state index in [-0.39, 0.29) is 5.57 Å². The van der Waals surface area contributed by atoms with E-state index in [1.165, 1.54) is 6.92 Å². The largest absolute Gasteiger partial charge is 0.273 e. The standard InChI is InChI=1S/C13H10F2/c1-9(13(14)15)11-8-4-6-10-5-2-3-7-12(10)11/h2-8H,1H3. The van der Waals surface area contributed by atoms with Crippen molar-refractivity contribution in [1.29, 1.82) is 0 Å². The zero-order valence-corrected chi connectivity index (χ0v) is 8.30. The summed E-state index contributed by atoms with van der Waals surface area (Å²) >= 11 is 0. The fourth-order valence-corrected chi connectivity index (χ4v) is 1.65. The molecule has 0 heterocycles. The fourth-order valence-electron chi connectivity index (χ4n) is 1.65. The number of fused-ring (bicyclic) bond motifs is 1. The zero-order valence-electron chi connectivity index (χ0n) is 8.30. The Labute approximate surface area is 86.8 Å². The van der Waals surface area contributed by atoms with Crippen molar-refractivity contribution in [3.63, 3.8) is 0 Å². The van der Waals surface area contributed by atoms with Crippen LogP contribution in [0.15, 0.2) is 48.5 Å². The first-order chi connectivity index (χ1) is 7.20. The molecule has 0 bridgehead atoms. The second kappa shape index (κ2) is 3.81. The number of hydrogen-bond donors (Lipinski definition) is 0. The number of rotatable bonds is 1. The van der Waals surface area contributed by atoms with E-state index < -0.39 is 6.08 Å². The van der Waals surface area contributed by atoms with Gasteiger partial charge < -0.3 is 0 Å². The maximum absolute atomic E-state index is 12.5. The predicted octanol–water partition coefficient (Wildman–Crippen LogP) is 4.47. The topological polar surface area (TPSA) is 0 Å². The molecule has 0 N–H and O–H groups in total. The average Bonchev–Trinajstić information content (AvgIpc) is 2.27. The highest BCUT2D eigenvalue weighted by Crippen LogP contribution is 2.27. The van der Waals surface area contributed by atoms with Gasteiger partial charge in [0.2, 0.25) is 0 Å². The highest BCUT2D eigenvalue weighted by atomic mass is 19.3. The normalized spacial score (nSPS) is 10.3. The molecule has 0 aliphatic carbocycles. The molecule has 0 aliphatic rings. The molecular formula is C13H10F2. The molecule has 0 nitrogen and oxygen atoms in total. The van der Waals surface area contributed by atoms with Crippen LogP contribution >= 0.6 is 0 Å². The first kappa shape index (κ1) is 9.84. The average molecular weight is 204 g/mol. The van der Waals surface area contributed by atoms with Crippen LogP contribution in [0.25, 0.3) is 16.3 Å². The Balaban J connectivity index is 2.77. The van der Waals surface area contributed by atoms with Crippen LogP contribution < -0.4 is 0 Å². The monoisotopic (exact) mass is 204 g/mol. The highest BCUT2D eigenvalue weighted by molar-refractivity contribution is 5.93. The molecule has 0 fully saturated rings. The number of hydrogen-bond acceptors (Lipinski definition) is 0. The molecule has 2 aromatic rings. The van der Waals surface area contributed by atoms with Gasteiger partial charge in [0.05, 0.1) is 0 Å². The van der Waals surface area contributed by atoms with Gasteiger partial charge >= 0.3 is 0 Å². The Hall–Kier alpha value is -1.70. The summed E-state index contributed by atoms with van der Waals surface area (Å²) < 4.78 is 25.0. The number of allylic oxidation sites excluding steroid dienone is 1. The van der Waals surface area contributed by atoms with E-state index in [0.29, 0.717) is 5.56 Å². The molecule has 0 amide bonds. The lowest BCUT2D eigenvalue weighted by atomic mass is 10.00. The SMILES string of the molecule is CC(=C(F)F)c1cccc2ccccc12. The summed E-state index contributed by atoms with van der Waals surface area (Å²) in [7, 11) is 0. The Morgan fingerprint density at radius 1 is 0.933 bits per heavy atom. The van der Waals surface area contributed by atoms with E-state index in [1.807, 2.05) is 30.3 Å². The second-order valence-electron chi connectivity index (χ2n) is 3.41. The lowest BCUT2D eigenvalue weighted by molar-refractivity contribution is 0.425. The van der Waals surface area contributed by atoms with Gasteiger partial charge in [-0.15, -0.1) is 0 Å². The summed E-state index contributed by atoms with van der Waals surface area (Å²) in [5.41, 5.74) is 0.653. The minimum absolute atomic E-state index is 0.0480. The summed E-state index contributed by atoms with van der Waals surface area (Å²) in [6.45, 7) is 1.44. The van der Waals surface area contributed by atoms with Crippen LogP contribution in [0.4, 0.5) is 8.78 Å². The molecule has 2 aromatic carbocycles. The van der Waals surface area contributed by atoms with Gasteiger partial charge in [0.1, 0.15) is 0 Å². The molecule has 76 valence electrons. The molecule has 2 heteroatoms. The van der Waals surface area contributed by atoms with E-state index in [1.54, 1.807) is 12.1 Å². The molecule has 2 rings (SSSR count). The third-order valence-electron chi connectivity index (χ3n) is 2.48. The first-order valence-electron chi connectivity index (χ1n) is 4.70. The van der Waals surface area contributed by atoms with Crippen LogP contribution in [-0.2, 0) is 0 Å². The molecule has 0 spiro atoms. The highest BCUT2D eigenvalue weighted by Gasteiger charge is 2.06. The number of halogens is 2. The van der Waals surface area contributed by atoms with Gasteiger partial charge in [-0.1, -0.05) is 42.5 Å². The van der Waals surface area contributed by atoms with Gasteiger partial charge in [-0.2, -0.15) is 8.78 Å². The van der Waals surface area contributed by atoms with Crippen molar-refractivity contribution in [2.24, 2.45) is 0 Å². The summed E-state index contributed by atoms with van der Waals surface area (Å²) in [5, 5.41) is 1.85. The zero-order chi connectivity index (χ0) is 10.8. The van der Waals surface area contributed by atoms with Gasteiger partial charge in [-0.05, 0) is 23.3 Å². The van der Waals surface area contributed by atoms with Crippen LogP contribution in [0.5, 0.6) is 0 Å². The van der Waals surface area contributed by atoms with Gasteiger partial charge in [0.25, 0.3) is 6.08 Å². The summed E-state index contributed by atoms with van der Waals surface area (Å²) in [5.74, 6) is 0. The maximum Gasteiger partial charge on any atom is 0.273 e. The summed E-state index contributed by atoms with van der Waals surface area (Å²) in [4.78, 5) is 0. The quantitative estimate of drug-likeness (QED) is 0.643. The molecule has 0 atom stereocenters. The first-order valence-corrected chi connectivity index (χ1v) is 4.70. The van der Waals surface area contributed by atoms with Gasteiger partial charge in [-0.3, -0.25) is 0 Å². The molecule has 15 heavy (non-hydrogen) atoms. The van der Waals surface area contributed by atoms with Crippen molar-refractivity contribution in [2.75, 3.05) is 0 Å². The van der Waals surface area contributed by atoms with E-state index >= 15 is 0 Å². The lowest BCUT2D eigenvalue weighted by Gasteiger charge is -2.05. The van der Waals surface area contributed by atoms with Crippen molar-refractivity contribution in [2.45, 2.75) is 6.92 Å². The third-order valence-corrected chi connectivity index (χ3v) is 2.48. The molecular weight excluding hydrogens is 194 g/mol. The van der Waals surface area contributed by atoms with E-state index in [2.05, 4.69) is 0 Å². The Morgan fingerprint density at radius 3 is 2.33 bits per heavy atom. The van der Waals surface area contributed by atoms with Crippen molar-refractivity contribution in [1.82, 2.24) is 0 Å². The van der Waals surface area contributed by atoms with Crippen LogP contribution in [0.3, 0.4) is 0 Å². The fraction of sp³-hybridized carbons (Fsp3) is 0.0769. The minimum atomic E-state index is -1.62. The van der Waals surface area contributed by atoms with Crippen molar-refractivity contribution in [3.05, 3.63) is 54.1 Å². The Bertz CT molecular complexity index is 518. The lowest BCUT2D eigenvalue weighted by Crippen LogP contribution is -1.83. The van der Waals surface area contributed by atoms with Crippen molar-refractivity contribution in [3.8, 4) is 0 Å². The molecule has 0 radical (unpaired) electrons. The van der Waals surface area contributed by atoms with Crippen LogP contribution in [0.2, 0.25) is 0 Å². The van der Waals surface area contributed by atoms with E-state index in [0.717, 1.165) is 10.8 Å². The molecule has 0 unspecified atom stereocenters. The number of benzene rings is 2. The predicted molar refractivity (Wildman–Crippen MR) is 58.8 cm³/mol. The van der Waals surface area contributed by atoms with Crippen molar-refractivity contribution >= 4 is 16.3 Å². The minimum Gasteiger partial charge on any atom is -0.173 e. The summed E-state index contributed by atoms with van der Waals surface area (Å²) in [6.07, 6.45) is -1.62. The third kappa shape index (κ3) is 1.75. The van der Waals surface area contributed by atoms with Gasteiger partial charge in [0, 0.05) is 5.57 Å². The molecule has 0 aliphatic heterocycles. The smallest absolute Gasteiger partial charge is 0.173 e. The van der Waals surface area contributed by atoms with Gasteiger partial charge in [0.15, 0.2) is 0 Å². The van der Waals surface area contributed by atoms with E-state index in [4.69, 9.17) is 0 Å². The van der Waals surface area contributed by atoms with Crippen LogP contribution in [-0.4, -0.2) is 0 Å². The Kier molecular flexibility index (Phi) is 2.50. The van der Waals surface area contributed by atoms with Crippen LogP contribution in [0, 0.1) is 0 Å². The summed E-state index contributed by atoms with van der Waals surface area (Å²) in [6, 6.07) is 13.0. The second-order valence-corrected chi connectivity index (χ2v) is 3.41. The molecule has 0 aromatic heterocycles. The van der Waals surface area contributed by atoms with Crippen molar-refractivity contribution < 1.29 is 8.78 Å².